The van der Waals surface area contributed by atoms with Gasteiger partial charge in [0, 0.05) is 16.9 Å². The number of amides is 1. The Labute approximate surface area is 164 Å². The zero-order valence-corrected chi connectivity index (χ0v) is 15.7. The number of aromatic amines is 1. The molecule has 0 aliphatic carbocycles. The lowest BCUT2D eigenvalue weighted by Gasteiger charge is -2.11. The van der Waals surface area contributed by atoms with Gasteiger partial charge in [0.1, 0.15) is 0 Å². The summed E-state index contributed by atoms with van der Waals surface area (Å²) in [7, 11) is 0. The van der Waals surface area contributed by atoms with Crippen LogP contribution in [0.2, 0.25) is 0 Å². The number of nitriles is 1. The molecule has 0 saturated heterocycles. The molecule has 1 amide bonds. The Hall–Kier alpha value is -3.64. The van der Waals surface area contributed by atoms with Crippen LogP contribution in [0.4, 0.5) is 11.4 Å². The summed E-state index contributed by atoms with van der Waals surface area (Å²) in [5, 5.41) is 19.3. The lowest BCUT2D eigenvalue weighted by atomic mass is 10.1. The van der Waals surface area contributed by atoms with E-state index in [4.69, 9.17) is 11.0 Å². The molecule has 0 aliphatic heterocycles. The van der Waals surface area contributed by atoms with Crippen molar-refractivity contribution in [3.8, 4) is 17.3 Å². The number of anilines is 2. The molecule has 0 bridgehead atoms. The Morgan fingerprint density at radius 3 is 2.75 bits per heavy atom. The van der Waals surface area contributed by atoms with Gasteiger partial charge in [-0.15, -0.1) is 10.2 Å². The van der Waals surface area contributed by atoms with Gasteiger partial charge < -0.3 is 11.1 Å². The molecule has 0 fully saturated rings. The molecular weight excluding hydrogens is 376 g/mol. The van der Waals surface area contributed by atoms with E-state index < -0.39 is 10.8 Å². The van der Waals surface area contributed by atoms with Crippen molar-refractivity contribution in [3.63, 3.8) is 0 Å². The first-order chi connectivity index (χ1) is 13.5. The number of H-pyrrole nitrogens is 1. The van der Waals surface area contributed by atoms with Crippen LogP contribution in [0, 0.1) is 11.3 Å². The third-order valence-electron chi connectivity index (χ3n) is 3.81. The normalized spacial score (nSPS) is 11.4. The SMILES string of the molecule is C[C@H](Sc1nnc(-c2ccccc2N)c(=O)[nH]1)C(=O)Nc1cccc(C#N)c1. The molecule has 140 valence electrons. The zero-order valence-electron chi connectivity index (χ0n) is 14.8. The highest BCUT2D eigenvalue weighted by Crippen LogP contribution is 2.23. The minimum atomic E-state index is -0.552. The molecule has 1 heterocycles. The number of aromatic nitrogens is 3. The molecule has 0 aliphatic rings. The van der Waals surface area contributed by atoms with Gasteiger partial charge in [-0.3, -0.25) is 14.6 Å². The fourth-order valence-electron chi connectivity index (χ4n) is 2.40. The molecule has 8 nitrogen and oxygen atoms in total. The summed E-state index contributed by atoms with van der Waals surface area (Å²) in [5.74, 6) is -0.292. The van der Waals surface area contributed by atoms with Crippen molar-refractivity contribution >= 4 is 29.0 Å². The highest BCUT2D eigenvalue weighted by Gasteiger charge is 2.18. The van der Waals surface area contributed by atoms with E-state index in [1.165, 1.54) is 0 Å². The first-order valence-corrected chi connectivity index (χ1v) is 9.15. The van der Waals surface area contributed by atoms with Crippen LogP contribution in [0.5, 0.6) is 0 Å². The molecule has 1 atom stereocenters. The van der Waals surface area contributed by atoms with Crippen LogP contribution in [0.3, 0.4) is 0 Å². The van der Waals surface area contributed by atoms with Crippen LogP contribution in [-0.2, 0) is 4.79 Å². The summed E-state index contributed by atoms with van der Waals surface area (Å²) >= 11 is 1.07. The number of benzene rings is 2. The summed E-state index contributed by atoms with van der Waals surface area (Å²) in [4.78, 5) is 27.3. The van der Waals surface area contributed by atoms with Crippen LogP contribution in [0.25, 0.3) is 11.3 Å². The van der Waals surface area contributed by atoms with Crippen molar-refractivity contribution in [2.45, 2.75) is 17.3 Å². The number of hydrogen-bond acceptors (Lipinski definition) is 7. The van der Waals surface area contributed by atoms with Crippen molar-refractivity contribution in [2.24, 2.45) is 0 Å². The van der Waals surface area contributed by atoms with Gasteiger partial charge >= 0.3 is 0 Å². The number of hydrogen-bond donors (Lipinski definition) is 3. The number of nitrogens with two attached hydrogens (primary N) is 1. The van der Waals surface area contributed by atoms with E-state index in [0.717, 1.165) is 11.8 Å². The molecule has 1 aromatic heterocycles. The predicted molar refractivity (Wildman–Crippen MR) is 108 cm³/mol. The van der Waals surface area contributed by atoms with Crippen LogP contribution in [0.1, 0.15) is 12.5 Å². The number of carbonyl (C=O) groups excluding carboxylic acids is 1. The van der Waals surface area contributed by atoms with Crippen molar-refractivity contribution in [3.05, 3.63) is 64.4 Å². The van der Waals surface area contributed by atoms with Crippen LogP contribution in [0.15, 0.2) is 58.5 Å². The number of nitrogens with zero attached hydrogens (tertiary/aromatic N) is 3. The minimum Gasteiger partial charge on any atom is -0.398 e. The van der Waals surface area contributed by atoms with Crippen molar-refractivity contribution in [2.75, 3.05) is 11.1 Å². The second kappa shape index (κ2) is 8.37. The third kappa shape index (κ3) is 4.36. The zero-order chi connectivity index (χ0) is 20.1. The van der Waals surface area contributed by atoms with Gasteiger partial charge in [0.2, 0.25) is 5.91 Å². The fraction of sp³-hybridized carbons (Fsp3) is 0.105. The predicted octanol–water partition coefficient (Wildman–Crippen LogP) is 2.41. The van der Waals surface area contributed by atoms with Gasteiger partial charge in [0.25, 0.3) is 5.56 Å². The number of rotatable bonds is 5. The summed E-state index contributed by atoms with van der Waals surface area (Å²) in [6, 6.07) is 15.5. The van der Waals surface area contributed by atoms with Crippen LogP contribution in [-0.4, -0.2) is 26.3 Å². The topological polar surface area (TPSA) is 138 Å². The summed E-state index contributed by atoms with van der Waals surface area (Å²) in [6.07, 6.45) is 0. The van der Waals surface area contributed by atoms with E-state index in [1.54, 1.807) is 55.5 Å². The highest BCUT2D eigenvalue weighted by atomic mass is 32.2. The van der Waals surface area contributed by atoms with Gasteiger partial charge in [0.05, 0.1) is 16.9 Å². The fourth-order valence-corrected chi connectivity index (χ4v) is 3.14. The Bertz CT molecular complexity index is 1120. The number of carbonyl (C=O) groups is 1. The average molecular weight is 392 g/mol. The van der Waals surface area contributed by atoms with Gasteiger partial charge in [-0.1, -0.05) is 36.0 Å². The van der Waals surface area contributed by atoms with Gasteiger partial charge in [-0.2, -0.15) is 5.26 Å². The maximum absolute atomic E-state index is 12.4. The highest BCUT2D eigenvalue weighted by molar-refractivity contribution is 8.00. The maximum atomic E-state index is 12.4. The molecular formula is C19H16N6O2S. The number of para-hydroxylation sites is 1. The van der Waals surface area contributed by atoms with E-state index >= 15 is 0 Å². The van der Waals surface area contributed by atoms with E-state index in [2.05, 4.69) is 20.5 Å². The number of nitrogens with one attached hydrogen (secondary N) is 2. The Kier molecular flexibility index (Phi) is 5.72. The molecule has 9 heteroatoms. The molecule has 3 rings (SSSR count). The van der Waals surface area contributed by atoms with Gasteiger partial charge in [-0.25, -0.2) is 0 Å². The molecule has 3 aromatic rings. The van der Waals surface area contributed by atoms with Gasteiger partial charge in [0.15, 0.2) is 10.9 Å². The smallest absolute Gasteiger partial charge is 0.278 e. The lowest BCUT2D eigenvalue weighted by Crippen LogP contribution is -2.23. The quantitative estimate of drug-likeness (QED) is 0.448. The third-order valence-corrected chi connectivity index (χ3v) is 4.78. The first kappa shape index (κ1) is 19.1. The van der Waals surface area contributed by atoms with E-state index in [1.807, 2.05) is 6.07 Å². The monoisotopic (exact) mass is 392 g/mol. The molecule has 4 N–H and O–H groups in total. The number of thioether (sulfide) groups is 1. The van der Waals surface area contributed by atoms with Crippen LogP contribution >= 0.6 is 11.8 Å². The van der Waals surface area contributed by atoms with Crippen molar-refractivity contribution in [1.82, 2.24) is 15.2 Å². The van der Waals surface area contributed by atoms with Crippen molar-refractivity contribution in [1.29, 1.82) is 5.26 Å². The molecule has 0 radical (unpaired) electrons. The first-order valence-electron chi connectivity index (χ1n) is 8.27. The molecule has 0 saturated carbocycles. The molecule has 2 aromatic carbocycles. The van der Waals surface area contributed by atoms with E-state index in [0.29, 0.717) is 22.5 Å². The Balaban J connectivity index is 1.72. The second-order valence-corrected chi connectivity index (χ2v) is 7.17. The molecule has 0 spiro atoms. The van der Waals surface area contributed by atoms with E-state index in [-0.39, 0.29) is 16.8 Å². The van der Waals surface area contributed by atoms with Gasteiger partial charge in [-0.05, 0) is 31.2 Å². The standard InChI is InChI=1S/C19H16N6O2S/c1-11(17(26)22-13-6-4-5-12(9-13)10-20)28-19-23-18(27)16(24-25-19)14-7-2-3-8-15(14)21/h2-9,11H,21H2,1H3,(H,22,26)(H,23,25,27)/t11-/m0/s1. The maximum Gasteiger partial charge on any atom is 0.278 e. The summed E-state index contributed by atoms with van der Waals surface area (Å²) in [5.41, 5.74) is 7.44. The lowest BCUT2D eigenvalue weighted by molar-refractivity contribution is -0.115. The summed E-state index contributed by atoms with van der Waals surface area (Å²) in [6.45, 7) is 1.68. The largest absolute Gasteiger partial charge is 0.398 e. The average Bonchev–Trinajstić information content (AvgIpc) is 2.69. The Morgan fingerprint density at radius 1 is 1.25 bits per heavy atom. The molecule has 0 unspecified atom stereocenters. The molecule has 28 heavy (non-hydrogen) atoms. The minimum absolute atomic E-state index is 0.118. The summed E-state index contributed by atoms with van der Waals surface area (Å²) < 4.78 is 0. The van der Waals surface area contributed by atoms with Crippen LogP contribution < -0.4 is 16.6 Å². The Morgan fingerprint density at radius 2 is 2.04 bits per heavy atom. The van der Waals surface area contributed by atoms with E-state index in [9.17, 15) is 9.59 Å². The van der Waals surface area contributed by atoms with Crippen molar-refractivity contribution < 1.29 is 4.79 Å². The second-order valence-electron chi connectivity index (χ2n) is 5.84. The number of nitrogen functional groups attached to an aromatic ring is 1.